The Labute approximate surface area is 151 Å². The first-order valence-corrected chi connectivity index (χ1v) is 8.84. The second-order valence-corrected chi connectivity index (χ2v) is 6.09. The molecule has 0 radical (unpaired) electrons. The predicted octanol–water partition coefficient (Wildman–Crippen LogP) is 3.85. The molecule has 0 amide bonds. The largest absolute Gasteiger partial charge is 0.497 e. The van der Waals surface area contributed by atoms with Crippen LogP contribution in [0.15, 0.2) is 47.4 Å². The van der Waals surface area contributed by atoms with Gasteiger partial charge in [0.2, 0.25) is 5.78 Å². The minimum absolute atomic E-state index is 0.282. The highest BCUT2D eigenvalue weighted by atomic mass is 32.2. The summed E-state index contributed by atoms with van der Waals surface area (Å²) in [5.41, 5.74) is 0.737. The van der Waals surface area contributed by atoms with Crippen LogP contribution in [0.25, 0.3) is 0 Å². The first-order chi connectivity index (χ1) is 12.0. The number of carbonyl (C=O) groups is 2. The highest BCUT2D eigenvalue weighted by Crippen LogP contribution is 2.26. The molecule has 0 N–H and O–H groups in total. The highest BCUT2D eigenvalue weighted by Gasteiger charge is 2.22. The Bertz CT molecular complexity index is 755. The topological polar surface area (TPSA) is 61.8 Å². The van der Waals surface area contributed by atoms with E-state index in [4.69, 9.17) is 14.2 Å². The van der Waals surface area contributed by atoms with Crippen LogP contribution < -0.4 is 9.47 Å². The number of benzene rings is 2. The third-order valence-electron chi connectivity index (χ3n) is 3.66. The lowest BCUT2D eigenvalue weighted by atomic mass is 10.1. The van der Waals surface area contributed by atoms with Crippen molar-refractivity contribution in [2.75, 3.05) is 20.5 Å². The summed E-state index contributed by atoms with van der Waals surface area (Å²) in [6.07, 6.45) is 1.02. The maximum atomic E-state index is 12.4. The number of carbonyl (C=O) groups excluding carboxylic acids is 2. The summed E-state index contributed by atoms with van der Waals surface area (Å²) in [7, 11) is 3.04. The van der Waals surface area contributed by atoms with Gasteiger partial charge in [0.1, 0.15) is 17.1 Å². The third-order valence-corrected chi connectivity index (χ3v) is 4.38. The van der Waals surface area contributed by atoms with Gasteiger partial charge in [0.05, 0.1) is 14.2 Å². The zero-order valence-corrected chi connectivity index (χ0v) is 15.4. The van der Waals surface area contributed by atoms with Gasteiger partial charge in [0.15, 0.2) is 6.10 Å². The fourth-order valence-corrected chi connectivity index (χ4v) is 2.66. The van der Waals surface area contributed by atoms with Crippen molar-refractivity contribution in [3.63, 3.8) is 0 Å². The van der Waals surface area contributed by atoms with Crippen molar-refractivity contribution in [3.05, 3.63) is 53.6 Å². The van der Waals surface area contributed by atoms with Gasteiger partial charge in [-0.15, -0.1) is 11.8 Å². The number of hydrogen-bond donors (Lipinski definition) is 0. The molecule has 0 spiro atoms. The van der Waals surface area contributed by atoms with E-state index in [1.165, 1.54) is 7.11 Å². The minimum atomic E-state index is -0.911. The summed E-state index contributed by atoms with van der Waals surface area (Å²) < 4.78 is 15.6. The van der Waals surface area contributed by atoms with Gasteiger partial charge < -0.3 is 14.2 Å². The molecule has 0 aliphatic rings. The molecule has 0 heterocycles. The van der Waals surface area contributed by atoms with Crippen molar-refractivity contribution in [1.29, 1.82) is 0 Å². The van der Waals surface area contributed by atoms with Gasteiger partial charge in [0, 0.05) is 10.5 Å². The second-order valence-electron chi connectivity index (χ2n) is 5.21. The molecule has 0 aliphatic carbocycles. The van der Waals surface area contributed by atoms with E-state index in [0.717, 1.165) is 4.90 Å². The summed E-state index contributed by atoms with van der Waals surface area (Å²) in [6.45, 7) is 1.55. The fraction of sp³-hybridized carbons (Fsp3) is 0.263. The monoisotopic (exact) mass is 360 g/mol. The molecular formula is C19H20O5S. The Morgan fingerprint density at radius 1 is 1.00 bits per heavy atom. The molecule has 0 saturated carbocycles. The smallest absolute Gasteiger partial charge is 0.342 e. The molecule has 2 aromatic carbocycles. The number of esters is 1. The Morgan fingerprint density at radius 2 is 1.68 bits per heavy atom. The third kappa shape index (κ3) is 4.54. The average Bonchev–Trinajstić information content (AvgIpc) is 2.66. The summed E-state index contributed by atoms with van der Waals surface area (Å²) in [6, 6.07) is 11.9. The van der Waals surface area contributed by atoms with Crippen molar-refractivity contribution in [2.45, 2.75) is 17.9 Å². The maximum absolute atomic E-state index is 12.4. The predicted molar refractivity (Wildman–Crippen MR) is 97.0 cm³/mol. The first-order valence-electron chi connectivity index (χ1n) is 7.61. The van der Waals surface area contributed by atoms with Crippen LogP contribution in [0.4, 0.5) is 0 Å². The van der Waals surface area contributed by atoms with Gasteiger partial charge in [-0.3, -0.25) is 4.79 Å². The lowest BCUT2D eigenvalue weighted by Gasteiger charge is -2.14. The van der Waals surface area contributed by atoms with Gasteiger partial charge >= 0.3 is 5.97 Å². The highest BCUT2D eigenvalue weighted by molar-refractivity contribution is 7.98. The minimum Gasteiger partial charge on any atom is -0.497 e. The zero-order chi connectivity index (χ0) is 18.4. The molecule has 2 aromatic rings. The molecule has 1 atom stereocenters. The first kappa shape index (κ1) is 18.9. The molecule has 6 heteroatoms. The van der Waals surface area contributed by atoms with Gasteiger partial charge in [-0.25, -0.2) is 4.79 Å². The molecule has 5 nitrogen and oxygen atoms in total. The van der Waals surface area contributed by atoms with Gasteiger partial charge in [-0.1, -0.05) is 0 Å². The molecule has 2 rings (SSSR count). The summed E-state index contributed by atoms with van der Waals surface area (Å²) >= 11 is 1.54. The van der Waals surface area contributed by atoms with E-state index in [2.05, 4.69) is 0 Å². The van der Waals surface area contributed by atoms with Gasteiger partial charge in [0.25, 0.3) is 0 Å². The molecule has 25 heavy (non-hydrogen) atoms. The lowest BCUT2D eigenvalue weighted by molar-refractivity contribution is 0.0315. The van der Waals surface area contributed by atoms with Gasteiger partial charge in [-0.05, 0) is 55.6 Å². The number of ketones is 1. The van der Waals surface area contributed by atoms with Crippen LogP contribution in [0.5, 0.6) is 11.5 Å². The van der Waals surface area contributed by atoms with E-state index >= 15 is 0 Å². The number of Topliss-reactive ketones (excluding diaryl/α,β-unsaturated/α-hetero) is 1. The van der Waals surface area contributed by atoms with E-state index < -0.39 is 12.1 Å². The zero-order valence-electron chi connectivity index (χ0n) is 14.6. The molecule has 0 aliphatic heterocycles. The molecule has 0 bridgehead atoms. The fourth-order valence-electron chi connectivity index (χ4n) is 2.23. The SMILES string of the molecule is COc1ccc(C(=O)[C@H](C)OC(=O)c2ccc(SC)cc2OC)cc1. The molecule has 0 aromatic heterocycles. The summed E-state index contributed by atoms with van der Waals surface area (Å²) in [4.78, 5) is 25.8. The Kier molecular flexibility index (Phi) is 6.47. The number of methoxy groups -OCH3 is 2. The van der Waals surface area contributed by atoms with Crippen molar-refractivity contribution in [3.8, 4) is 11.5 Å². The average molecular weight is 360 g/mol. The standard InChI is InChI=1S/C19H20O5S/c1-12(18(20)13-5-7-14(22-2)8-6-13)24-19(21)16-10-9-15(25-4)11-17(16)23-3/h5-12H,1-4H3/t12-/m0/s1. The van der Waals surface area contributed by atoms with Crippen LogP contribution in [-0.2, 0) is 4.74 Å². The molecule has 0 unspecified atom stereocenters. The van der Waals surface area contributed by atoms with Crippen LogP contribution in [0, 0.1) is 0 Å². The Hall–Kier alpha value is -2.47. The van der Waals surface area contributed by atoms with Crippen LogP contribution in [0.2, 0.25) is 0 Å². The molecular weight excluding hydrogens is 340 g/mol. The second kappa shape index (κ2) is 8.58. The quantitative estimate of drug-likeness (QED) is 0.425. The number of hydrogen-bond acceptors (Lipinski definition) is 6. The van der Waals surface area contributed by atoms with E-state index in [1.807, 2.05) is 6.26 Å². The molecule has 132 valence electrons. The van der Waals surface area contributed by atoms with E-state index in [1.54, 1.807) is 68.3 Å². The Balaban J connectivity index is 2.12. The van der Waals surface area contributed by atoms with Crippen molar-refractivity contribution < 1.29 is 23.8 Å². The van der Waals surface area contributed by atoms with E-state index in [-0.39, 0.29) is 11.3 Å². The maximum Gasteiger partial charge on any atom is 0.342 e. The number of thioether (sulfide) groups is 1. The van der Waals surface area contributed by atoms with Crippen molar-refractivity contribution in [2.24, 2.45) is 0 Å². The van der Waals surface area contributed by atoms with Crippen molar-refractivity contribution >= 4 is 23.5 Å². The normalized spacial score (nSPS) is 11.5. The van der Waals surface area contributed by atoms with Crippen LogP contribution >= 0.6 is 11.8 Å². The van der Waals surface area contributed by atoms with E-state index in [9.17, 15) is 9.59 Å². The van der Waals surface area contributed by atoms with Crippen molar-refractivity contribution in [1.82, 2.24) is 0 Å². The summed E-state index contributed by atoms with van der Waals surface area (Å²) in [5.74, 6) is 0.190. The number of ether oxygens (including phenoxy) is 3. The van der Waals surface area contributed by atoms with Crippen LogP contribution in [0.3, 0.4) is 0 Å². The van der Waals surface area contributed by atoms with Crippen LogP contribution in [-0.4, -0.2) is 38.3 Å². The molecule has 0 saturated heterocycles. The van der Waals surface area contributed by atoms with E-state index in [0.29, 0.717) is 17.1 Å². The Morgan fingerprint density at radius 3 is 2.24 bits per heavy atom. The summed E-state index contributed by atoms with van der Waals surface area (Å²) in [5, 5.41) is 0. The number of rotatable bonds is 7. The lowest BCUT2D eigenvalue weighted by Crippen LogP contribution is -2.24. The van der Waals surface area contributed by atoms with Crippen LogP contribution in [0.1, 0.15) is 27.6 Å². The molecule has 0 fully saturated rings. The van der Waals surface area contributed by atoms with Gasteiger partial charge in [-0.2, -0.15) is 0 Å².